The van der Waals surface area contributed by atoms with Gasteiger partial charge in [-0.25, -0.2) is 4.79 Å². The lowest BCUT2D eigenvalue weighted by atomic mass is 9.86. The first kappa shape index (κ1) is 14.0. The van der Waals surface area contributed by atoms with Crippen LogP contribution in [0.4, 0.5) is 18.0 Å². The molecule has 8 heteroatoms. The summed E-state index contributed by atoms with van der Waals surface area (Å²) < 4.78 is 38.8. The summed E-state index contributed by atoms with van der Waals surface area (Å²) in [5.74, 6) is -1.91. The fraction of sp³-hybridized carbons (Fsp3) is 0.818. The average molecular weight is 280 g/mol. The Balaban J connectivity index is 2.13. The van der Waals surface area contributed by atoms with Gasteiger partial charge in [0.05, 0.1) is 0 Å². The largest absolute Gasteiger partial charge is 0.481 e. The number of nitrogens with zero attached hydrogens (tertiary/aromatic N) is 2. The Morgan fingerprint density at radius 2 is 1.63 bits per heavy atom. The monoisotopic (exact) mass is 280 g/mol. The quantitative estimate of drug-likeness (QED) is 0.792. The van der Waals surface area contributed by atoms with E-state index in [9.17, 15) is 22.8 Å². The van der Waals surface area contributed by atoms with Crippen LogP contribution in [0.3, 0.4) is 0 Å². The molecular weight excluding hydrogens is 265 g/mol. The molecule has 2 saturated heterocycles. The number of likely N-dealkylation sites (tertiary alicyclic amines) is 2. The second kappa shape index (κ2) is 4.57. The van der Waals surface area contributed by atoms with Gasteiger partial charge >= 0.3 is 18.2 Å². The Bertz CT molecular complexity index is 393. The number of hydrogen-bond donors (Lipinski definition) is 1. The number of carboxylic acid groups (broad SMARTS) is 1. The molecule has 19 heavy (non-hydrogen) atoms. The summed E-state index contributed by atoms with van der Waals surface area (Å²) >= 11 is 0. The number of hydrogen-bond acceptors (Lipinski definition) is 2. The molecule has 5 nitrogen and oxygen atoms in total. The van der Waals surface area contributed by atoms with Gasteiger partial charge in [0.1, 0.15) is 0 Å². The van der Waals surface area contributed by atoms with Crippen LogP contribution >= 0.6 is 0 Å². The highest BCUT2D eigenvalue weighted by Gasteiger charge is 2.64. The molecule has 2 rings (SSSR count). The fourth-order valence-electron chi connectivity index (χ4n) is 2.61. The van der Waals surface area contributed by atoms with E-state index in [1.165, 1.54) is 4.90 Å². The van der Waals surface area contributed by atoms with Gasteiger partial charge in [-0.1, -0.05) is 0 Å². The van der Waals surface area contributed by atoms with E-state index < -0.39 is 36.6 Å². The first-order valence-electron chi connectivity index (χ1n) is 6.12. The molecule has 2 aliphatic heterocycles. The Morgan fingerprint density at radius 1 is 1.05 bits per heavy atom. The Morgan fingerprint density at radius 3 is 2.05 bits per heavy atom. The highest BCUT2D eigenvalue weighted by atomic mass is 19.4. The van der Waals surface area contributed by atoms with Crippen molar-refractivity contribution >= 4 is 12.0 Å². The Labute approximate surface area is 108 Å². The van der Waals surface area contributed by atoms with Crippen molar-refractivity contribution in [3.63, 3.8) is 0 Å². The van der Waals surface area contributed by atoms with Gasteiger partial charge in [-0.15, -0.1) is 0 Å². The van der Waals surface area contributed by atoms with Crippen LogP contribution in [-0.2, 0) is 4.79 Å². The Kier molecular flexibility index (Phi) is 3.36. The van der Waals surface area contributed by atoms with Gasteiger partial charge in [-0.3, -0.25) is 4.79 Å². The standard InChI is InChI=1S/C11H15F3N2O3/c12-11(13,14)10(8(17)18)3-6-16(7-10)9(19)15-4-1-2-5-15/h1-7H2,(H,17,18). The number of rotatable bonds is 1. The Hall–Kier alpha value is -1.47. The molecule has 108 valence electrons. The maximum absolute atomic E-state index is 12.9. The van der Waals surface area contributed by atoms with Gasteiger partial charge in [0, 0.05) is 26.2 Å². The molecule has 2 fully saturated rings. The van der Waals surface area contributed by atoms with Crippen molar-refractivity contribution in [2.45, 2.75) is 25.4 Å². The number of aliphatic carboxylic acids is 1. The zero-order valence-corrected chi connectivity index (χ0v) is 10.2. The minimum absolute atomic E-state index is 0.166. The van der Waals surface area contributed by atoms with Crippen molar-refractivity contribution in [2.75, 3.05) is 26.2 Å². The van der Waals surface area contributed by atoms with Gasteiger partial charge in [-0.05, 0) is 19.3 Å². The molecule has 0 aliphatic carbocycles. The normalized spacial score (nSPS) is 27.9. The predicted octanol–water partition coefficient (Wildman–Crippen LogP) is 1.54. The van der Waals surface area contributed by atoms with Crippen molar-refractivity contribution in [1.29, 1.82) is 0 Å². The molecule has 1 unspecified atom stereocenters. The average Bonchev–Trinajstić information content (AvgIpc) is 2.97. The molecule has 2 amide bonds. The minimum Gasteiger partial charge on any atom is -0.481 e. The van der Waals surface area contributed by atoms with E-state index in [4.69, 9.17) is 5.11 Å². The predicted molar refractivity (Wildman–Crippen MR) is 58.5 cm³/mol. The molecule has 0 saturated carbocycles. The summed E-state index contributed by atoms with van der Waals surface area (Å²) in [6.07, 6.45) is -3.75. The summed E-state index contributed by atoms with van der Waals surface area (Å²) in [6, 6.07) is -0.482. The lowest BCUT2D eigenvalue weighted by Crippen LogP contribution is -2.49. The van der Waals surface area contributed by atoms with E-state index in [1.807, 2.05) is 0 Å². The summed E-state index contributed by atoms with van der Waals surface area (Å²) in [5.41, 5.74) is -2.82. The van der Waals surface area contributed by atoms with E-state index in [1.54, 1.807) is 0 Å². The molecule has 2 aliphatic rings. The van der Waals surface area contributed by atoms with Gasteiger partial charge in [0.25, 0.3) is 0 Å². The first-order chi connectivity index (χ1) is 8.78. The third-order valence-electron chi connectivity index (χ3n) is 3.87. The van der Waals surface area contributed by atoms with Gasteiger partial charge in [-0.2, -0.15) is 13.2 Å². The molecule has 0 aromatic carbocycles. The topological polar surface area (TPSA) is 60.9 Å². The number of carboxylic acids is 1. The van der Waals surface area contributed by atoms with Crippen LogP contribution < -0.4 is 0 Å². The number of alkyl halides is 3. The van der Waals surface area contributed by atoms with E-state index in [-0.39, 0.29) is 6.54 Å². The molecule has 1 atom stereocenters. The second-order valence-corrected chi connectivity index (χ2v) is 5.03. The van der Waals surface area contributed by atoms with E-state index in [0.717, 1.165) is 17.7 Å². The highest BCUT2D eigenvalue weighted by Crippen LogP contribution is 2.45. The van der Waals surface area contributed by atoms with Crippen LogP contribution in [0.2, 0.25) is 0 Å². The number of carbonyl (C=O) groups excluding carboxylic acids is 1. The number of carbonyl (C=O) groups is 2. The molecule has 1 N–H and O–H groups in total. The molecular formula is C11H15F3N2O3. The zero-order chi connectivity index (χ0) is 14.3. The number of halogens is 3. The van der Waals surface area contributed by atoms with Crippen molar-refractivity contribution < 1.29 is 27.9 Å². The molecule has 0 bridgehead atoms. The van der Waals surface area contributed by atoms with Crippen molar-refractivity contribution in [1.82, 2.24) is 9.80 Å². The third kappa shape index (κ3) is 2.23. The number of amides is 2. The van der Waals surface area contributed by atoms with Crippen molar-refractivity contribution in [3.8, 4) is 0 Å². The van der Waals surface area contributed by atoms with Crippen LogP contribution in [-0.4, -0.2) is 59.3 Å². The molecule has 0 radical (unpaired) electrons. The third-order valence-corrected chi connectivity index (χ3v) is 3.87. The molecule has 0 aromatic rings. The highest BCUT2D eigenvalue weighted by molar-refractivity contribution is 5.80. The van der Waals surface area contributed by atoms with Gasteiger partial charge in [0.15, 0.2) is 5.41 Å². The van der Waals surface area contributed by atoms with Crippen LogP contribution in [0.1, 0.15) is 19.3 Å². The van der Waals surface area contributed by atoms with Gasteiger partial charge in [0.2, 0.25) is 0 Å². The summed E-state index contributed by atoms with van der Waals surface area (Å²) in [7, 11) is 0. The van der Waals surface area contributed by atoms with E-state index in [0.29, 0.717) is 13.1 Å². The van der Waals surface area contributed by atoms with Crippen LogP contribution in [0.15, 0.2) is 0 Å². The lowest BCUT2D eigenvalue weighted by Gasteiger charge is -2.28. The maximum atomic E-state index is 12.9. The molecule has 0 aromatic heterocycles. The van der Waals surface area contributed by atoms with Crippen molar-refractivity contribution in [3.05, 3.63) is 0 Å². The SMILES string of the molecule is O=C(N1CCCC1)N1CCC(C(=O)O)(C(F)(F)F)C1. The van der Waals surface area contributed by atoms with Gasteiger partial charge < -0.3 is 14.9 Å². The minimum atomic E-state index is -4.85. The van der Waals surface area contributed by atoms with E-state index >= 15 is 0 Å². The zero-order valence-electron chi connectivity index (χ0n) is 10.2. The second-order valence-electron chi connectivity index (χ2n) is 5.03. The maximum Gasteiger partial charge on any atom is 0.406 e. The first-order valence-corrected chi connectivity index (χ1v) is 6.12. The summed E-state index contributed by atoms with van der Waals surface area (Å²) in [5, 5.41) is 8.89. The smallest absolute Gasteiger partial charge is 0.406 e. The summed E-state index contributed by atoms with van der Waals surface area (Å²) in [6.45, 7) is 0.102. The summed E-state index contributed by atoms with van der Waals surface area (Å²) in [4.78, 5) is 25.5. The van der Waals surface area contributed by atoms with Crippen LogP contribution in [0.25, 0.3) is 0 Å². The van der Waals surface area contributed by atoms with Crippen molar-refractivity contribution in [2.24, 2.45) is 5.41 Å². The molecule has 2 heterocycles. The van der Waals surface area contributed by atoms with Crippen LogP contribution in [0.5, 0.6) is 0 Å². The molecule has 0 spiro atoms. The number of urea groups is 1. The fourth-order valence-corrected chi connectivity index (χ4v) is 2.61. The lowest BCUT2D eigenvalue weighted by molar-refractivity contribution is -0.227. The van der Waals surface area contributed by atoms with Crippen LogP contribution in [0, 0.1) is 5.41 Å². The van der Waals surface area contributed by atoms with E-state index in [2.05, 4.69) is 0 Å².